The Morgan fingerprint density at radius 3 is 2.10 bits per heavy atom. The average molecular weight is 628 g/mol. The quantitative estimate of drug-likeness (QED) is 0.190. The maximum absolute atomic E-state index is 6.59. The van der Waals surface area contributed by atoms with Crippen LogP contribution in [-0.2, 0) is 0 Å². The van der Waals surface area contributed by atoms with Gasteiger partial charge in [0.15, 0.2) is 5.58 Å². The zero-order valence-electron chi connectivity index (χ0n) is 26.5. The molecular weight excluding hydrogens is 599 g/mol. The molecule has 3 heterocycles. The fourth-order valence-corrected chi connectivity index (χ4v) is 7.41. The summed E-state index contributed by atoms with van der Waals surface area (Å²) in [6, 6.07) is 60.2. The standard InChI is InChI=1S/C45H29N3O/c1-3-11-30(12-4-1)31-20-23-34(24-21-31)47(41-18-9-19-42-43(41)37-26-22-32-13-10-28-46-44(32)45(37)49-42)35-25-27-40-38(29-35)36-16-7-8-17-39(36)48(40)33-14-5-2-6-15-33/h1-29H. The smallest absolute Gasteiger partial charge is 0.161 e. The van der Waals surface area contributed by atoms with E-state index < -0.39 is 0 Å². The van der Waals surface area contributed by atoms with Crippen molar-refractivity contribution in [2.45, 2.75) is 0 Å². The van der Waals surface area contributed by atoms with Gasteiger partial charge in [-0.25, -0.2) is 0 Å². The molecule has 0 fully saturated rings. The molecule has 0 aliphatic heterocycles. The van der Waals surface area contributed by atoms with Crippen molar-refractivity contribution in [1.29, 1.82) is 0 Å². The van der Waals surface area contributed by atoms with Crippen molar-refractivity contribution in [1.82, 2.24) is 9.55 Å². The Bertz CT molecular complexity index is 2820. The van der Waals surface area contributed by atoms with Gasteiger partial charge in [-0.15, -0.1) is 0 Å². The molecule has 0 unspecified atom stereocenters. The van der Waals surface area contributed by atoms with E-state index in [2.05, 4.69) is 173 Å². The summed E-state index contributed by atoms with van der Waals surface area (Å²) in [6.07, 6.45) is 1.83. The molecule has 0 atom stereocenters. The highest BCUT2D eigenvalue weighted by Gasteiger charge is 2.22. The van der Waals surface area contributed by atoms with E-state index in [1.54, 1.807) is 0 Å². The minimum Gasteiger partial charge on any atom is -0.454 e. The number of fused-ring (bicyclic) bond motifs is 8. The first-order valence-corrected chi connectivity index (χ1v) is 16.5. The van der Waals surface area contributed by atoms with E-state index in [-0.39, 0.29) is 0 Å². The predicted molar refractivity (Wildman–Crippen MR) is 203 cm³/mol. The van der Waals surface area contributed by atoms with Gasteiger partial charge in [-0.05, 0) is 83.9 Å². The minimum absolute atomic E-state index is 0.807. The van der Waals surface area contributed by atoms with Crippen molar-refractivity contribution in [2.24, 2.45) is 0 Å². The third kappa shape index (κ3) is 4.35. The van der Waals surface area contributed by atoms with Gasteiger partial charge in [-0.1, -0.05) is 97.1 Å². The van der Waals surface area contributed by atoms with Crippen LogP contribution < -0.4 is 4.90 Å². The predicted octanol–water partition coefficient (Wildman–Crippen LogP) is 12.4. The molecule has 4 nitrogen and oxygen atoms in total. The molecule has 0 aliphatic carbocycles. The molecule has 0 spiro atoms. The Labute approximate surface area is 282 Å². The second kappa shape index (κ2) is 11.0. The molecule has 230 valence electrons. The summed E-state index contributed by atoms with van der Waals surface area (Å²) in [5, 5.41) is 5.58. The van der Waals surface area contributed by atoms with Crippen LogP contribution in [0.15, 0.2) is 180 Å². The minimum atomic E-state index is 0.807. The van der Waals surface area contributed by atoms with Crippen molar-refractivity contribution in [3.05, 3.63) is 176 Å². The van der Waals surface area contributed by atoms with Crippen molar-refractivity contribution in [3.63, 3.8) is 0 Å². The lowest BCUT2D eigenvalue weighted by Crippen LogP contribution is -2.10. The van der Waals surface area contributed by atoms with E-state index in [9.17, 15) is 0 Å². The number of hydrogen-bond donors (Lipinski definition) is 0. The highest BCUT2D eigenvalue weighted by molar-refractivity contribution is 6.19. The van der Waals surface area contributed by atoms with Crippen LogP contribution in [0.2, 0.25) is 0 Å². The van der Waals surface area contributed by atoms with E-state index in [0.717, 1.165) is 55.6 Å². The largest absolute Gasteiger partial charge is 0.454 e. The lowest BCUT2D eigenvalue weighted by molar-refractivity contribution is 0.671. The summed E-state index contributed by atoms with van der Waals surface area (Å²) in [5.41, 5.74) is 11.5. The molecule has 0 radical (unpaired) electrons. The van der Waals surface area contributed by atoms with Gasteiger partial charge >= 0.3 is 0 Å². The van der Waals surface area contributed by atoms with E-state index >= 15 is 0 Å². The lowest BCUT2D eigenvalue weighted by atomic mass is 10.0. The molecule has 0 saturated heterocycles. The normalized spacial score (nSPS) is 11.7. The zero-order valence-corrected chi connectivity index (χ0v) is 26.5. The molecular formula is C45H29N3O. The van der Waals surface area contributed by atoms with E-state index in [4.69, 9.17) is 9.40 Å². The van der Waals surface area contributed by atoms with E-state index in [1.165, 1.54) is 32.9 Å². The van der Waals surface area contributed by atoms with Crippen molar-refractivity contribution in [2.75, 3.05) is 4.90 Å². The molecule has 10 aromatic rings. The molecule has 3 aromatic heterocycles. The van der Waals surface area contributed by atoms with Crippen LogP contribution in [0.5, 0.6) is 0 Å². The number of rotatable bonds is 5. The van der Waals surface area contributed by atoms with Crippen molar-refractivity contribution < 1.29 is 4.42 Å². The number of benzene rings is 7. The molecule has 4 heteroatoms. The second-order valence-electron chi connectivity index (χ2n) is 12.4. The first-order valence-electron chi connectivity index (χ1n) is 16.5. The van der Waals surface area contributed by atoms with Gasteiger partial charge in [-0.2, -0.15) is 0 Å². The summed E-state index contributed by atoms with van der Waals surface area (Å²) in [6.45, 7) is 0. The third-order valence-electron chi connectivity index (χ3n) is 9.62. The number of anilines is 3. The molecule has 10 rings (SSSR count). The maximum Gasteiger partial charge on any atom is 0.161 e. The van der Waals surface area contributed by atoms with Crippen LogP contribution >= 0.6 is 0 Å². The zero-order chi connectivity index (χ0) is 32.3. The summed E-state index contributed by atoms with van der Waals surface area (Å²) in [5.74, 6) is 0. The fourth-order valence-electron chi connectivity index (χ4n) is 7.41. The number of hydrogen-bond acceptors (Lipinski definition) is 3. The van der Waals surface area contributed by atoms with E-state index in [0.29, 0.717) is 0 Å². The summed E-state index contributed by atoms with van der Waals surface area (Å²) < 4.78 is 8.95. The number of aromatic nitrogens is 2. The highest BCUT2D eigenvalue weighted by Crippen LogP contribution is 2.45. The van der Waals surface area contributed by atoms with Gasteiger partial charge in [0.05, 0.1) is 22.1 Å². The lowest BCUT2D eigenvalue weighted by Gasteiger charge is -2.26. The second-order valence-corrected chi connectivity index (χ2v) is 12.4. The summed E-state index contributed by atoms with van der Waals surface area (Å²) in [7, 11) is 0. The van der Waals surface area contributed by atoms with Gasteiger partial charge in [0.2, 0.25) is 0 Å². The number of nitrogens with zero attached hydrogens (tertiary/aromatic N) is 3. The average Bonchev–Trinajstić information content (AvgIpc) is 3.72. The Morgan fingerprint density at radius 1 is 0.510 bits per heavy atom. The number of furan rings is 1. The maximum atomic E-state index is 6.59. The Hall–Kier alpha value is -6.65. The topological polar surface area (TPSA) is 34.2 Å². The molecule has 7 aromatic carbocycles. The summed E-state index contributed by atoms with van der Waals surface area (Å²) in [4.78, 5) is 7.08. The molecule has 0 bridgehead atoms. The Kier molecular flexibility index (Phi) is 6.15. The summed E-state index contributed by atoms with van der Waals surface area (Å²) >= 11 is 0. The Balaban J connectivity index is 1.24. The van der Waals surface area contributed by atoms with Gasteiger partial charge < -0.3 is 13.9 Å². The van der Waals surface area contributed by atoms with Crippen LogP contribution in [0.4, 0.5) is 17.1 Å². The van der Waals surface area contributed by atoms with Crippen LogP contribution in [0.25, 0.3) is 71.5 Å². The van der Waals surface area contributed by atoms with Crippen molar-refractivity contribution >= 4 is 71.7 Å². The molecule has 0 aliphatic rings. The van der Waals surface area contributed by atoms with Crippen LogP contribution in [0.1, 0.15) is 0 Å². The van der Waals surface area contributed by atoms with Gasteiger partial charge in [-0.3, -0.25) is 4.98 Å². The first-order chi connectivity index (χ1) is 24.3. The first kappa shape index (κ1) is 27.5. The molecule has 0 saturated carbocycles. The molecule has 0 N–H and O–H groups in total. The van der Waals surface area contributed by atoms with Crippen molar-refractivity contribution in [3.8, 4) is 16.8 Å². The number of para-hydroxylation sites is 2. The SMILES string of the molecule is c1ccc(-c2ccc(N(c3ccc4c(c3)c3ccccc3n4-c3ccccc3)c3cccc4oc5c(ccc6cccnc65)c34)cc2)cc1. The molecule has 49 heavy (non-hydrogen) atoms. The van der Waals surface area contributed by atoms with Crippen LogP contribution in [-0.4, -0.2) is 9.55 Å². The fraction of sp³-hybridized carbons (Fsp3) is 0. The van der Waals surface area contributed by atoms with Crippen LogP contribution in [0, 0.1) is 0 Å². The van der Waals surface area contributed by atoms with E-state index in [1.807, 2.05) is 12.3 Å². The monoisotopic (exact) mass is 627 g/mol. The molecule has 0 amide bonds. The Morgan fingerprint density at radius 2 is 1.24 bits per heavy atom. The van der Waals surface area contributed by atoms with Gasteiger partial charge in [0.25, 0.3) is 0 Å². The number of pyridine rings is 1. The third-order valence-corrected chi connectivity index (χ3v) is 9.62. The van der Waals surface area contributed by atoms with Gasteiger partial charge in [0, 0.05) is 44.8 Å². The van der Waals surface area contributed by atoms with Crippen LogP contribution in [0.3, 0.4) is 0 Å². The van der Waals surface area contributed by atoms with Gasteiger partial charge in [0.1, 0.15) is 11.1 Å². The highest BCUT2D eigenvalue weighted by atomic mass is 16.3.